The highest BCUT2D eigenvalue weighted by atomic mass is 16.6. The molecule has 0 heterocycles. The minimum Gasteiger partial charge on any atom is -0.462 e. The molecule has 0 rings (SSSR count). The molecular formula is C66H122O6. The van der Waals surface area contributed by atoms with Crippen LogP contribution in [0, 0.1) is 0 Å². The third-order valence-electron chi connectivity index (χ3n) is 14.4. The van der Waals surface area contributed by atoms with Crippen LogP contribution in [0.5, 0.6) is 0 Å². The zero-order valence-corrected chi connectivity index (χ0v) is 48.5. The topological polar surface area (TPSA) is 78.9 Å². The summed E-state index contributed by atoms with van der Waals surface area (Å²) in [5, 5.41) is 0. The third-order valence-corrected chi connectivity index (χ3v) is 14.4. The van der Waals surface area contributed by atoms with Gasteiger partial charge in [-0.2, -0.15) is 0 Å². The molecule has 0 bridgehead atoms. The fourth-order valence-electron chi connectivity index (χ4n) is 9.52. The van der Waals surface area contributed by atoms with Crippen molar-refractivity contribution in [3.05, 3.63) is 36.5 Å². The Balaban J connectivity index is 3.93. The SMILES string of the molecule is CCCC/C=C\C/C=C\CCCCCCCC(=O)OC(COC(=O)CCCCCCCCC)COC(=O)CCCCCCCCCCCCCCCCCCCCCCC/C=C\CCCCCCCCCC. The van der Waals surface area contributed by atoms with E-state index in [4.69, 9.17) is 14.2 Å². The summed E-state index contributed by atoms with van der Waals surface area (Å²) in [6, 6.07) is 0. The predicted octanol–water partition coefficient (Wildman–Crippen LogP) is 21.6. The van der Waals surface area contributed by atoms with Crippen molar-refractivity contribution in [2.75, 3.05) is 13.2 Å². The van der Waals surface area contributed by atoms with Crippen molar-refractivity contribution < 1.29 is 28.6 Å². The van der Waals surface area contributed by atoms with E-state index in [-0.39, 0.29) is 31.1 Å². The summed E-state index contributed by atoms with van der Waals surface area (Å²) in [5.41, 5.74) is 0. The van der Waals surface area contributed by atoms with Crippen molar-refractivity contribution in [1.82, 2.24) is 0 Å². The molecule has 0 amide bonds. The van der Waals surface area contributed by atoms with Crippen LogP contribution in [0.15, 0.2) is 36.5 Å². The van der Waals surface area contributed by atoms with Crippen molar-refractivity contribution in [2.24, 2.45) is 0 Å². The molecule has 422 valence electrons. The number of esters is 3. The minimum absolute atomic E-state index is 0.0738. The van der Waals surface area contributed by atoms with E-state index in [1.807, 2.05) is 0 Å². The zero-order chi connectivity index (χ0) is 52.2. The maximum atomic E-state index is 12.8. The molecule has 0 aromatic heterocycles. The van der Waals surface area contributed by atoms with E-state index in [1.54, 1.807) is 0 Å². The van der Waals surface area contributed by atoms with Gasteiger partial charge in [-0.3, -0.25) is 14.4 Å². The quantitative estimate of drug-likeness (QED) is 0.0261. The lowest BCUT2D eigenvalue weighted by molar-refractivity contribution is -0.167. The Bertz CT molecular complexity index is 1210. The molecule has 0 aromatic carbocycles. The van der Waals surface area contributed by atoms with Crippen molar-refractivity contribution in [1.29, 1.82) is 0 Å². The molecular weight excluding hydrogens is 889 g/mol. The number of carbonyl (C=O) groups is 3. The smallest absolute Gasteiger partial charge is 0.306 e. The van der Waals surface area contributed by atoms with E-state index >= 15 is 0 Å². The number of rotatable bonds is 59. The summed E-state index contributed by atoms with van der Waals surface area (Å²) in [7, 11) is 0. The Morgan fingerprint density at radius 3 is 0.819 bits per heavy atom. The highest BCUT2D eigenvalue weighted by molar-refractivity contribution is 5.71. The minimum atomic E-state index is -0.774. The Hall–Kier alpha value is -2.37. The molecule has 72 heavy (non-hydrogen) atoms. The molecule has 0 aliphatic carbocycles. The fourth-order valence-corrected chi connectivity index (χ4v) is 9.52. The monoisotopic (exact) mass is 1010 g/mol. The first-order valence-corrected chi connectivity index (χ1v) is 32.0. The summed E-state index contributed by atoms with van der Waals surface area (Å²) < 4.78 is 16.8. The third kappa shape index (κ3) is 58.5. The van der Waals surface area contributed by atoms with Crippen LogP contribution in [0.4, 0.5) is 0 Å². The largest absolute Gasteiger partial charge is 0.462 e. The first-order valence-electron chi connectivity index (χ1n) is 32.0. The molecule has 6 heteroatoms. The first kappa shape index (κ1) is 69.6. The molecule has 0 aliphatic heterocycles. The molecule has 0 saturated heterocycles. The van der Waals surface area contributed by atoms with E-state index in [0.717, 1.165) is 83.5 Å². The van der Waals surface area contributed by atoms with Gasteiger partial charge < -0.3 is 14.2 Å². The maximum Gasteiger partial charge on any atom is 0.306 e. The fraction of sp³-hybridized carbons (Fsp3) is 0.864. The lowest BCUT2D eigenvalue weighted by Crippen LogP contribution is -2.30. The maximum absolute atomic E-state index is 12.8. The second-order valence-electron chi connectivity index (χ2n) is 21.7. The average molecular weight is 1010 g/mol. The Kier molecular flexibility index (Phi) is 59.2. The van der Waals surface area contributed by atoms with Gasteiger partial charge in [0.1, 0.15) is 13.2 Å². The van der Waals surface area contributed by atoms with Crippen molar-refractivity contribution >= 4 is 17.9 Å². The van der Waals surface area contributed by atoms with E-state index in [9.17, 15) is 14.4 Å². The average Bonchev–Trinajstić information content (AvgIpc) is 3.38. The van der Waals surface area contributed by atoms with Gasteiger partial charge in [-0.25, -0.2) is 0 Å². The number of allylic oxidation sites excluding steroid dienone is 6. The van der Waals surface area contributed by atoms with Gasteiger partial charge in [-0.1, -0.05) is 295 Å². The van der Waals surface area contributed by atoms with Crippen LogP contribution < -0.4 is 0 Å². The molecule has 0 aromatic rings. The van der Waals surface area contributed by atoms with Gasteiger partial charge in [0.25, 0.3) is 0 Å². The van der Waals surface area contributed by atoms with Crippen LogP contribution in [0.25, 0.3) is 0 Å². The van der Waals surface area contributed by atoms with Crippen LogP contribution in [-0.4, -0.2) is 37.2 Å². The highest BCUT2D eigenvalue weighted by Gasteiger charge is 2.19. The Morgan fingerprint density at radius 1 is 0.278 bits per heavy atom. The van der Waals surface area contributed by atoms with E-state index < -0.39 is 6.10 Å². The highest BCUT2D eigenvalue weighted by Crippen LogP contribution is 2.18. The lowest BCUT2D eigenvalue weighted by atomic mass is 10.0. The van der Waals surface area contributed by atoms with Crippen LogP contribution in [0.2, 0.25) is 0 Å². The molecule has 0 fully saturated rings. The molecule has 0 saturated carbocycles. The van der Waals surface area contributed by atoms with Crippen LogP contribution in [0.1, 0.15) is 348 Å². The molecule has 0 N–H and O–H groups in total. The van der Waals surface area contributed by atoms with Gasteiger partial charge in [0, 0.05) is 19.3 Å². The summed E-state index contributed by atoms with van der Waals surface area (Å²) in [6.45, 7) is 6.58. The predicted molar refractivity (Wildman–Crippen MR) is 312 cm³/mol. The lowest BCUT2D eigenvalue weighted by Gasteiger charge is -2.18. The normalized spacial score (nSPS) is 12.2. The van der Waals surface area contributed by atoms with Crippen LogP contribution in [-0.2, 0) is 28.6 Å². The number of hydrogen-bond acceptors (Lipinski definition) is 6. The van der Waals surface area contributed by atoms with Gasteiger partial charge in [-0.15, -0.1) is 0 Å². The standard InChI is InChI=1S/C66H122O6/c1-4-7-10-13-16-18-20-22-24-25-26-27-28-29-30-31-32-33-34-35-36-37-38-39-40-41-42-44-45-47-50-53-56-59-65(68)71-62-63(61-70-64(67)58-55-52-49-15-12-9-6-3)72-66(69)60-57-54-51-48-46-43-23-21-19-17-14-11-8-5-2/h14,17,21,23,25-26,63H,4-13,15-16,18-20,22,24,27-62H2,1-3H3/b17-14-,23-21-,26-25-. The number of unbranched alkanes of at least 4 members (excludes halogenated alkanes) is 42. The number of ether oxygens (including phenoxy) is 3. The summed E-state index contributed by atoms with van der Waals surface area (Å²) in [5.74, 6) is -0.878. The van der Waals surface area contributed by atoms with E-state index in [2.05, 4.69) is 57.2 Å². The molecule has 0 aliphatic rings. The van der Waals surface area contributed by atoms with Gasteiger partial charge in [-0.05, 0) is 70.6 Å². The molecule has 0 radical (unpaired) electrons. The van der Waals surface area contributed by atoms with Gasteiger partial charge in [0.05, 0.1) is 0 Å². The molecule has 0 spiro atoms. The second kappa shape index (κ2) is 61.2. The molecule has 6 nitrogen and oxygen atoms in total. The first-order chi connectivity index (χ1) is 35.5. The molecule has 1 atom stereocenters. The number of carbonyl (C=O) groups excluding carboxylic acids is 3. The summed E-state index contributed by atoms with van der Waals surface area (Å²) in [4.78, 5) is 37.9. The van der Waals surface area contributed by atoms with Gasteiger partial charge >= 0.3 is 17.9 Å². The van der Waals surface area contributed by atoms with Crippen molar-refractivity contribution in [3.8, 4) is 0 Å². The summed E-state index contributed by atoms with van der Waals surface area (Å²) >= 11 is 0. The Labute approximate surface area is 448 Å². The Morgan fingerprint density at radius 2 is 0.514 bits per heavy atom. The van der Waals surface area contributed by atoms with Crippen molar-refractivity contribution in [3.63, 3.8) is 0 Å². The zero-order valence-electron chi connectivity index (χ0n) is 48.5. The van der Waals surface area contributed by atoms with Gasteiger partial charge in [0.2, 0.25) is 0 Å². The van der Waals surface area contributed by atoms with Crippen LogP contribution in [0.3, 0.4) is 0 Å². The summed E-state index contributed by atoms with van der Waals surface area (Å²) in [6.07, 6.45) is 74.9. The second-order valence-corrected chi connectivity index (χ2v) is 21.7. The van der Waals surface area contributed by atoms with E-state index in [1.165, 1.54) is 225 Å². The van der Waals surface area contributed by atoms with Crippen molar-refractivity contribution in [2.45, 2.75) is 354 Å². The molecule has 1 unspecified atom stereocenters. The van der Waals surface area contributed by atoms with Crippen LogP contribution >= 0.6 is 0 Å². The van der Waals surface area contributed by atoms with Gasteiger partial charge in [0.15, 0.2) is 6.10 Å². The number of hydrogen-bond donors (Lipinski definition) is 0. The van der Waals surface area contributed by atoms with E-state index in [0.29, 0.717) is 19.3 Å².